The smallest absolute Gasteiger partial charge is 0.306 e. The van der Waals surface area contributed by atoms with Gasteiger partial charge in [0.2, 0.25) is 6.54 Å². The van der Waals surface area contributed by atoms with E-state index >= 15 is 0 Å². The van der Waals surface area contributed by atoms with Crippen molar-refractivity contribution < 1.29 is 19.2 Å². The van der Waals surface area contributed by atoms with Crippen LogP contribution in [0.15, 0.2) is 24.3 Å². The Kier molecular flexibility index (Phi) is 7.21. The number of nitro groups is 1. The molecule has 0 radical (unpaired) electrons. The minimum atomic E-state index is -0.377. The molecule has 6 heteroatoms. The minimum Gasteiger partial charge on any atom is -0.497 e. The zero-order valence-corrected chi connectivity index (χ0v) is 12.4. The fourth-order valence-electron chi connectivity index (χ4n) is 2.09. The van der Waals surface area contributed by atoms with E-state index in [0.29, 0.717) is 19.4 Å². The summed E-state index contributed by atoms with van der Waals surface area (Å²) in [6.07, 6.45) is 1.35. The lowest BCUT2D eigenvalue weighted by Gasteiger charge is -2.12. The molecule has 1 aromatic rings. The van der Waals surface area contributed by atoms with Crippen LogP contribution in [0.1, 0.15) is 25.3 Å². The number of esters is 1. The predicted octanol–water partition coefficient (Wildman–Crippen LogP) is 2.47. The van der Waals surface area contributed by atoms with Crippen molar-refractivity contribution in [2.24, 2.45) is 5.92 Å². The highest BCUT2D eigenvalue weighted by atomic mass is 16.6. The fraction of sp³-hybridized carbons (Fsp3) is 0.533. The number of carbonyl (C=O) groups is 1. The molecular weight excluding hydrogens is 274 g/mol. The van der Waals surface area contributed by atoms with Crippen LogP contribution in [0.4, 0.5) is 0 Å². The minimum absolute atomic E-state index is 0.0883. The Morgan fingerprint density at radius 2 is 2.00 bits per heavy atom. The fourth-order valence-corrected chi connectivity index (χ4v) is 2.09. The zero-order chi connectivity index (χ0) is 15.7. The summed E-state index contributed by atoms with van der Waals surface area (Å²) in [7, 11) is 1.60. The molecule has 0 aliphatic carbocycles. The van der Waals surface area contributed by atoms with Gasteiger partial charge < -0.3 is 9.47 Å². The van der Waals surface area contributed by atoms with Gasteiger partial charge in [0.05, 0.1) is 20.1 Å². The van der Waals surface area contributed by atoms with Crippen LogP contribution in [-0.4, -0.2) is 31.2 Å². The van der Waals surface area contributed by atoms with Gasteiger partial charge in [-0.15, -0.1) is 0 Å². The molecule has 0 spiro atoms. The summed E-state index contributed by atoms with van der Waals surface area (Å²) in [6, 6.07) is 7.55. The first kappa shape index (κ1) is 16.9. The third kappa shape index (κ3) is 6.74. The molecular formula is C15H21NO5. The second-order valence-electron chi connectivity index (χ2n) is 4.78. The van der Waals surface area contributed by atoms with Crippen molar-refractivity contribution in [3.8, 4) is 5.75 Å². The van der Waals surface area contributed by atoms with Crippen LogP contribution in [0.25, 0.3) is 0 Å². The molecule has 0 aliphatic heterocycles. The number of hydrogen-bond acceptors (Lipinski definition) is 5. The Labute approximate surface area is 124 Å². The first-order chi connectivity index (χ1) is 10.0. The zero-order valence-electron chi connectivity index (χ0n) is 12.4. The molecule has 0 saturated carbocycles. The molecule has 0 bridgehead atoms. The normalized spacial score (nSPS) is 11.7. The summed E-state index contributed by atoms with van der Waals surface area (Å²) < 4.78 is 9.93. The van der Waals surface area contributed by atoms with Crippen molar-refractivity contribution in [2.45, 2.75) is 26.2 Å². The van der Waals surface area contributed by atoms with Gasteiger partial charge in [0.15, 0.2) is 0 Å². The van der Waals surface area contributed by atoms with Crippen molar-refractivity contribution in [2.75, 3.05) is 20.3 Å². The Morgan fingerprint density at radius 1 is 1.33 bits per heavy atom. The van der Waals surface area contributed by atoms with Gasteiger partial charge >= 0.3 is 5.97 Å². The average Bonchev–Trinajstić information content (AvgIpc) is 2.45. The van der Waals surface area contributed by atoms with Crippen LogP contribution in [0.3, 0.4) is 0 Å². The number of aryl methyl sites for hydroxylation is 1. The van der Waals surface area contributed by atoms with Crippen molar-refractivity contribution in [3.63, 3.8) is 0 Å². The largest absolute Gasteiger partial charge is 0.497 e. The molecule has 1 aromatic carbocycles. The molecule has 1 unspecified atom stereocenters. The first-order valence-corrected chi connectivity index (χ1v) is 6.95. The molecule has 116 valence electrons. The second kappa shape index (κ2) is 8.94. The van der Waals surface area contributed by atoms with Gasteiger partial charge in [-0.05, 0) is 37.5 Å². The number of benzene rings is 1. The lowest BCUT2D eigenvalue weighted by Crippen LogP contribution is -2.20. The highest BCUT2D eigenvalue weighted by Crippen LogP contribution is 2.17. The standard InChI is InChI=1S/C15H21NO5/c1-3-21-15(17)10-13(11-16(18)19)5-4-12-6-8-14(20-2)9-7-12/h6-9,13H,3-5,10-11H2,1-2H3. The van der Waals surface area contributed by atoms with Gasteiger partial charge in [0.1, 0.15) is 5.75 Å². The summed E-state index contributed by atoms with van der Waals surface area (Å²) in [5.41, 5.74) is 1.06. The number of rotatable bonds is 9. The van der Waals surface area contributed by atoms with Gasteiger partial charge in [-0.3, -0.25) is 14.9 Å². The number of methoxy groups -OCH3 is 1. The number of nitrogens with zero attached hydrogens (tertiary/aromatic N) is 1. The van der Waals surface area contributed by atoms with E-state index in [1.54, 1.807) is 14.0 Å². The van der Waals surface area contributed by atoms with Crippen molar-refractivity contribution >= 4 is 5.97 Å². The van der Waals surface area contributed by atoms with Crippen LogP contribution in [0.5, 0.6) is 5.75 Å². The van der Waals surface area contributed by atoms with E-state index in [1.165, 1.54) is 0 Å². The Morgan fingerprint density at radius 3 is 2.52 bits per heavy atom. The van der Waals surface area contributed by atoms with Crippen molar-refractivity contribution in [1.29, 1.82) is 0 Å². The molecule has 0 aromatic heterocycles. The molecule has 21 heavy (non-hydrogen) atoms. The second-order valence-corrected chi connectivity index (χ2v) is 4.78. The van der Waals surface area contributed by atoms with E-state index in [-0.39, 0.29) is 29.8 Å². The lowest BCUT2D eigenvalue weighted by molar-refractivity contribution is -0.488. The third-order valence-corrected chi connectivity index (χ3v) is 3.17. The molecule has 0 N–H and O–H groups in total. The maximum Gasteiger partial charge on any atom is 0.306 e. The van der Waals surface area contributed by atoms with E-state index in [1.807, 2.05) is 24.3 Å². The van der Waals surface area contributed by atoms with E-state index in [9.17, 15) is 14.9 Å². The van der Waals surface area contributed by atoms with Crippen LogP contribution in [0.2, 0.25) is 0 Å². The van der Waals surface area contributed by atoms with Gasteiger partial charge in [0, 0.05) is 10.8 Å². The van der Waals surface area contributed by atoms with Crippen LogP contribution < -0.4 is 4.74 Å². The Bertz CT molecular complexity index is 458. The van der Waals surface area contributed by atoms with E-state index < -0.39 is 0 Å². The molecule has 0 amide bonds. The molecule has 1 atom stereocenters. The summed E-state index contributed by atoms with van der Waals surface area (Å²) >= 11 is 0. The Balaban J connectivity index is 2.54. The van der Waals surface area contributed by atoms with E-state index in [4.69, 9.17) is 9.47 Å². The van der Waals surface area contributed by atoms with Gasteiger partial charge in [-0.2, -0.15) is 0 Å². The monoisotopic (exact) mass is 295 g/mol. The lowest BCUT2D eigenvalue weighted by atomic mass is 9.96. The van der Waals surface area contributed by atoms with Crippen LogP contribution >= 0.6 is 0 Å². The maximum absolute atomic E-state index is 11.5. The molecule has 6 nitrogen and oxygen atoms in total. The highest BCUT2D eigenvalue weighted by Gasteiger charge is 2.20. The molecule has 0 fully saturated rings. The molecule has 1 rings (SSSR count). The van der Waals surface area contributed by atoms with E-state index in [2.05, 4.69) is 0 Å². The number of ether oxygens (including phenoxy) is 2. The summed E-state index contributed by atoms with van der Waals surface area (Å²) in [6.45, 7) is 1.80. The molecule has 0 heterocycles. The number of hydrogen-bond donors (Lipinski definition) is 0. The van der Waals surface area contributed by atoms with Gasteiger partial charge in [-0.25, -0.2) is 0 Å². The van der Waals surface area contributed by atoms with Gasteiger partial charge in [-0.1, -0.05) is 12.1 Å². The van der Waals surface area contributed by atoms with Crippen LogP contribution in [0, 0.1) is 16.0 Å². The summed E-state index contributed by atoms with van der Waals surface area (Å²) in [5.74, 6) is 0.0901. The number of carbonyl (C=O) groups excluding carboxylic acids is 1. The van der Waals surface area contributed by atoms with Crippen LogP contribution in [-0.2, 0) is 16.0 Å². The third-order valence-electron chi connectivity index (χ3n) is 3.17. The quantitative estimate of drug-likeness (QED) is 0.397. The SMILES string of the molecule is CCOC(=O)CC(CCc1ccc(OC)cc1)C[N+](=O)[O-]. The Hall–Kier alpha value is -2.11. The highest BCUT2D eigenvalue weighted by molar-refractivity contribution is 5.69. The predicted molar refractivity (Wildman–Crippen MR) is 77.9 cm³/mol. The molecule has 0 aliphatic rings. The topological polar surface area (TPSA) is 78.7 Å². The van der Waals surface area contributed by atoms with Gasteiger partial charge in [0.25, 0.3) is 0 Å². The summed E-state index contributed by atoms with van der Waals surface area (Å²) in [4.78, 5) is 21.8. The van der Waals surface area contributed by atoms with E-state index in [0.717, 1.165) is 11.3 Å². The summed E-state index contributed by atoms with van der Waals surface area (Å²) in [5, 5.41) is 10.7. The van der Waals surface area contributed by atoms with Crippen molar-refractivity contribution in [1.82, 2.24) is 0 Å². The van der Waals surface area contributed by atoms with Crippen molar-refractivity contribution in [3.05, 3.63) is 39.9 Å². The maximum atomic E-state index is 11.5. The molecule has 0 saturated heterocycles. The first-order valence-electron chi connectivity index (χ1n) is 6.95. The average molecular weight is 295 g/mol.